The minimum Gasteiger partial charge on any atom is -0.341 e. The molecule has 0 fully saturated rings. The summed E-state index contributed by atoms with van der Waals surface area (Å²) in [6.45, 7) is 0.605. The fourth-order valence-corrected chi connectivity index (χ4v) is 2.46. The van der Waals surface area contributed by atoms with Crippen molar-refractivity contribution in [3.8, 4) is 0 Å². The van der Waals surface area contributed by atoms with Gasteiger partial charge < -0.3 is 10.2 Å². The van der Waals surface area contributed by atoms with E-state index in [0.29, 0.717) is 23.1 Å². The number of carbonyl (C=O) groups excluding carboxylic acids is 1. The molecule has 6 nitrogen and oxygen atoms in total. The van der Waals surface area contributed by atoms with Gasteiger partial charge in [-0.1, -0.05) is 11.6 Å². The Morgan fingerprint density at radius 2 is 1.73 bits per heavy atom. The Morgan fingerprint density at radius 1 is 1.08 bits per heavy atom. The monoisotopic (exact) mass is 367 g/mol. The second-order valence-corrected chi connectivity index (χ2v) is 6.20. The van der Waals surface area contributed by atoms with E-state index in [9.17, 15) is 4.79 Å². The number of aromatic nitrogens is 3. The van der Waals surface area contributed by atoms with Crippen molar-refractivity contribution in [1.29, 1.82) is 0 Å². The molecule has 132 valence electrons. The SMILES string of the molecule is CN(CCc1ccncc1)C(=O)c1cnc(Nc2ccc(Cl)cc2)nc1. The molecule has 3 rings (SSSR count). The van der Waals surface area contributed by atoms with E-state index in [1.807, 2.05) is 24.3 Å². The minimum absolute atomic E-state index is 0.114. The topological polar surface area (TPSA) is 71.0 Å². The third kappa shape index (κ3) is 4.77. The fraction of sp³-hybridized carbons (Fsp3) is 0.158. The molecular formula is C19H18ClN5O. The molecule has 26 heavy (non-hydrogen) atoms. The van der Waals surface area contributed by atoms with Gasteiger partial charge in [0.05, 0.1) is 5.56 Å². The number of halogens is 1. The smallest absolute Gasteiger partial charge is 0.256 e. The minimum atomic E-state index is -0.114. The van der Waals surface area contributed by atoms with Gasteiger partial charge in [-0.3, -0.25) is 9.78 Å². The lowest BCUT2D eigenvalue weighted by Crippen LogP contribution is -2.29. The highest BCUT2D eigenvalue weighted by Crippen LogP contribution is 2.16. The van der Waals surface area contributed by atoms with Crippen molar-refractivity contribution in [1.82, 2.24) is 19.9 Å². The van der Waals surface area contributed by atoms with Gasteiger partial charge >= 0.3 is 0 Å². The summed E-state index contributed by atoms with van der Waals surface area (Å²) in [5.74, 6) is 0.306. The van der Waals surface area contributed by atoms with Crippen LogP contribution in [0.25, 0.3) is 0 Å². The second-order valence-electron chi connectivity index (χ2n) is 5.76. The molecular weight excluding hydrogens is 350 g/mol. The molecule has 0 saturated heterocycles. The number of pyridine rings is 1. The van der Waals surface area contributed by atoms with Gasteiger partial charge in [0.1, 0.15) is 0 Å². The maximum atomic E-state index is 12.5. The molecule has 0 bridgehead atoms. The molecule has 0 aliphatic carbocycles. The summed E-state index contributed by atoms with van der Waals surface area (Å²) in [4.78, 5) is 26.5. The van der Waals surface area contributed by atoms with Crippen LogP contribution < -0.4 is 5.32 Å². The highest BCUT2D eigenvalue weighted by molar-refractivity contribution is 6.30. The zero-order chi connectivity index (χ0) is 18.4. The number of hydrogen-bond acceptors (Lipinski definition) is 5. The van der Waals surface area contributed by atoms with Crippen LogP contribution in [0.1, 0.15) is 15.9 Å². The van der Waals surface area contributed by atoms with Gasteiger partial charge in [-0.25, -0.2) is 9.97 Å². The van der Waals surface area contributed by atoms with Crippen LogP contribution in [-0.2, 0) is 6.42 Å². The van der Waals surface area contributed by atoms with Crippen LogP contribution in [-0.4, -0.2) is 39.4 Å². The van der Waals surface area contributed by atoms with Crippen molar-refractivity contribution >= 4 is 29.1 Å². The van der Waals surface area contributed by atoms with E-state index in [1.54, 1.807) is 36.5 Å². The maximum Gasteiger partial charge on any atom is 0.256 e. The lowest BCUT2D eigenvalue weighted by molar-refractivity contribution is 0.0796. The van der Waals surface area contributed by atoms with E-state index in [0.717, 1.165) is 17.7 Å². The van der Waals surface area contributed by atoms with Crippen LogP contribution in [0.5, 0.6) is 0 Å². The van der Waals surface area contributed by atoms with Crippen LogP contribution in [0.4, 0.5) is 11.6 Å². The molecule has 2 heterocycles. The molecule has 3 aromatic rings. The first kappa shape index (κ1) is 17.8. The lowest BCUT2D eigenvalue weighted by Gasteiger charge is -2.17. The molecule has 0 unspecified atom stereocenters. The van der Waals surface area contributed by atoms with Crippen molar-refractivity contribution in [2.24, 2.45) is 0 Å². The number of amides is 1. The predicted octanol–water partition coefficient (Wildman–Crippen LogP) is 3.58. The summed E-state index contributed by atoms with van der Waals surface area (Å²) in [6.07, 6.45) is 7.31. The summed E-state index contributed by atoms with van der Waals surface area (Å²) in [5.41, 5.74) is 2.41. The molecule has 1 aromatic carbocycles. The first-order valence-corrected chi connectivity index (χ1v) is 8.48. The molecule has 0 spiro atoms. The Morgan fingerprint density at radius 3 is 2.38 bits per heavy atom. The molecule has 7 heteroatoms. The zero-order valence-corrected chi connectivity index (χ0v) is 15.0. The van der Waals surface area contributed by atoms with Gasteiger partial charge in [0.25, 0.3) is 5.91 Å². The fourth-order valence-electron chi connectivity index (χ4n) is 2.33. The van der Waals surface area contributed by atoms with Crippen molar-refractivity contribution < 1.29 is 4.79 Å². The van der Waals surface area contributed by atoms with Crippen LogP contribution >= 0.6 is 11.6 Å². The largest absolute Gasteiger partial charge is 0.341 e. The summed E-state index contributed by atoms with van der Waals surface area (Å²) in [5, 5.41) is 3.72. The first-order valence-electron chi connectivity index (χ1n) is 8.11. The average Bonchev–Trinajstić information content (AvgIpc) is 2.69. The standard InChI is InChI=1S/C19H18ClN5O/c1-25(11-8-14-6-9-21-10-7-14)18(26)15-12-22-19(23-13-15)24-17-4-2-16(20)3-5-17/h2-7,9-10,12-13H,8,11H2,1H3,(H,22,23,24). The molecule has 1 N–H and O–H groups in total. The van der Waals surface area contributed by atoms with Crippen molar-refractivity contribution in [3.05, 3.63) is 77.3 Å². The van der Waals surface area contributed by atoms with E-state index >= 15 is 0 Å². The lowest BCUT2D eigenvalue weighted by atomic mass is 10.2. The first-order chi connectivity index (χ1) is 12.6. The Balaban J connectivity index is 1.58. The van der Waals surface area contributed by atoms with Crippen molar-refractivity contribution in [3.63, 3.8) is 0 Å². The van der Waals surface area contributed by atoms with Crippen LogP contribution in [0.3, 0.4) is 0 Å². The molecule has 0 saturated carbocycles. The number of hydrogen-bond donors (Lipinski definition) is 1. The Kier molecular flexibility index (Phi) is 5.76. The third-order valence-electron chi connectivity index (χ3n) is 3.83. The Hall–Kier alpha value is -2.99. The Bertz CT molecular complexity index is 853. The highest BCUT2D eigenvalue weighted by Gasteiger charge is 2.13. The molecule has 1 amide bonds. The van der Waals surface area contributed by atoms with Crippen molar-refractivity contribution in [2.45, 2.75) is 6.42 Å². The third-order valence-corrected chi connectivity index (χ3v) is 4.08. The summed E-state index contributed by atoms with van der Waals surface area (Å²) in [6, 6.07) is 11.1. The number of anilines is 2. The average molecular weight is 368 g/mol. The number of nitrogens with one attached hydrogen (secondary N) is 1. The maximum absolute atomic E-state index is 12.5. The van der Waals surface area contributed by atoms with E-state index in [-0.39, 0.29) is 5.91 Å². The van der Waals surface area contributed by atoms with Gasteiger partial charge in [0, 0.05) is 49.1 Å². The summed E-state index contributed by atoms with van der Waals surface area (Å²) in [7, 11) is 1.77. The highest BCUT2D eigenvalue weighted by atomic mass is 35.5. The van der Waals surface area contributed by atoms with Gasteiger partial charge in [-0.15, -0.1) is 0 Å². The van der Waals surface area contributed by atoms with Gasteiger partial charge in [-0.05, 0) is 48.4 Å². The number of likely N-dealkylation sites (N-methyl/N-ethyl adjacent to an activating group) is 1. The van der Waals surface area contributed by atoms with Crippen molar-refractivity contribution in [2.75, 3.05) is 18.9 Å². The molecule has 0 atom stereocenters. The van der Waals surface area contributed by atoms with Crippen LogP contribution in [0.2, 0.25) is 5.02 Å². The van der Waals surface area contributed by atoms with Gasteiger partial charge in [-0.2, -0.15) is 0 Å². The number of rotatable bonds is 6. The number of benzene rings is 1. The molecule has 0 aliphatic heterocycles. The van der Waals surface area contributed by atoms with E-state index < -0.39 is 0 Å². The van der Waals surface area contributed by atoms with Gasteiger partial charge in [0.2, 0.25) is 5.95 Å². The molecule has 0 radical (unpaired) electrons. The molecule has 0 aliphatic rings. The van der Waals surface area contributed by atoms with E-state index in [4.69, 9.17) is 11.6 Å². The van der Waals surface area contributed by atoms with E-state index in [1.165, 1.54) is 12.4 Å². The molecule has 2 aromatic heterocycles. The van der Waals surface area contributed by atoms with Crippen LogP contribution in [0.15, 0.2) is 61.2 Å². The second kappa shape index (κ2) is 8.40. The van der Waals surface area contributed by atoms with Gasteiger partial charge in [0.15, 0.2) is 0 Å². The van der Waals surface area contributed by atoms with E-state index in [2.05, 4.69) is 20.3 Å². The summed E-state index contributed by atoms with van der Waals surface area (Å²) >= 11 is 5.86. The number of carbonyl (C=O) groups is 1. The summed E-state index contributed by atoms with van der Waals surface area (Å²) < 4.78 is 0. The number of nitrogens with zero attached hydrogens (tertiary/aromatic N) is 4. The van der Waals surface area contributed by atoms with Crippen LogP contribution in [0, 0.1) is 0 Å². The Labute approximate surface area is 156 Å². The normalized spacial score (nSPS) is 10.4. The predicted molar refractivity (Wildman–Crippen MR) is 102 cm³/mol. The zero-order valence-electron chi connectivity index (χ0n) is 14.3. The quantitative estimate of drug-likeness (QED) is 0.721.